The van der Waals surface area contributed by atoms with Crippen LogP contribution in [0.4, 0.5) is 5.69 Å². The molecule has 0 saturated carbocycles. The Balaban J connectivity index is 2.44. The summed E-state index contributed by atoms with van der Waals surface area (Å²) in [4.78, 5) is 0. The second-order valence-corrected chi connectivity index (χ2v) is 3.73. The van der Waals surface area contributed by atoms with E-state index in [4.69, 9.17) is 23.8 Å². The van der Waals surface area contributed by atoms with E-state index < -0.39 is 0 Å². The molecule has 76 valence electrons. The number of halogens is 1. The van der Waals surface area contributed by atoms with Crippen molar-refractivity contribution in [3.63, 3.8) is 0 Å². The van der Waals surface area contributed by atoms with Crippen molar-refractivity contribution >= 4 is 34.6 Å². The number of benzene rings is 1. The molecule has 0 spiro atoms. The molecule has 0 aliphatic carbocycles. The smallest absolute Gasteiger partial charge is 0.170 e. The minimum Gasteiger partial charge on any atom is -0.362 e. The summed E-state index contributed by atoms with van der Waals surface area (Å²) in [5, 5.41) is 7.52. The molecule has 0 radical (unpaired) electrons. The van der Waals surface area contributed by atoms with E-state index in [1.165, 1.54) is 0 Å². The van der Waals surface area contributed by atoms with Gasteiger partial charge in [-0.3, -0.25) is 0 Å². The summed E-state index contributed by atoms with van der Waals surface area (Å²) >= 11 is 10.8. The van der Waals surface area contributed by atoms with E-state index in [-0.39, 0.29) is 0 Å². The molecule has 0 unspecified atom stereocenters. The summed E-state index contributed by atoms with van der Waals surface area (Å²) < 4.78 is 0. The fourth-order valence-corrected chi connectivity index (χ4v) is 1.29. The van der Waals surface area contributed by atoms with E-state index in [1.807, 2.05) is 24.3 Å². The van der Waals surface area contributed by atoms with Crippen LogP contribution < -0.4 is 10.6 Å². The largest absolute Gasteiger partial charge is 0.362 e. The predicted molar refractivity (Wildman–Crippen MR) is 66.0 cm³/mol. The summed E-state index contributed by atoms with van der Waals surface area (Å²) in [6.07, 6.45) is 1.06. The van der Waals surface area contributed by atoms with Gasteiger partial charge < -0.3 is 10.6 Å². The monoisotopic (exact) mass is 228 g/mol. The molecule has 2 nitrogen and oxygen atoms in total. The Kier molecular flexibility index (Phi) is 4.70. The summed E-state index contributed by atoms with van der Waals surface area (Å²) in [5.41, 5.74) is 0.947. The second kappa shape index (κ2) is 5.83. The Bertz CT molecular complexity index is 297. The van der Waals surface area contributed by atoms with E-state index in [9.17, 15) is 0 Å². The van der Waals surface area contributed by atoms with Crippen LogP contribution >= 0.6 is 23.8 Å². The average molecular weight is 229 g/mol. The first-order valence-corrected chi connectivity index (χ1v) is 5.31. The maximum atomic E-state index is 5.76. The van der Waals surface area contributed by atoms with Gasteiger partial charge in [-0.2, -0.15) is 0 Å². The third-order valence-electron chi connectivity index (χ3n) is 1.64. The number of hydrogen-bond acceptors (Lipinski definition) is 1. The molecule has 0 saturated heterocycles. The molecule has 0 amide bonds. The molecule has 4 heteroatoms. The highest BCUT2D eigenvalue weighted by Gasteiger charge is 1.95. The van der Waals surface area contributed by atoms with Gasteiger partial charge in [-0.15, -0.1) is 0 Å². The summed E-state index contributed by atoms with van der Waals surface area (Å²) in [7, 11) is 0. The van der Waals surface area contributed by atoms with Crippen LogP contribution in [0.15, 0.2) is 24.3 Å². The lowest BCUT2D eigenvalue weighted by molar-refractivity contribution is 0.846. The van der Waals surface area contributed by atoms with Crippen LogP contribution in [0.25, 0.3) is 0 Å². The zero-order valence-corrected chi connectivity index (χ0v) is 9.58. The molecular weight excluding hydrogens is 216 g/mol. The van der Waals surface area contributed by atoms with E-state index in [2.05, 4.69) is 17.6 Å². The van der Waals surface area contributed by atoms with Crippen LogP contribution in [-0.4, -0.2) is 11.7 Å². The Labute approximate surface area is 94.7 Å². The van der Waals surface area contributed by atoms with Crippen molar-refractivity contribution in [2.24, 2.45) is 0 Å². The van der Waals surface area contributed by atoms with Crippen molar-refractivity contribution in [1.82, 2.24) is 5.32 Å². The number of rotatable bonds is 3. The highest BCUT2D eigenvalue weighted by Crippen LogP contribution is 2.12. The van der Waals surface area contributed by atoms with Gasteiger partial charge in [0.15, 0.2) is 5.11 Å². The van der Waals surface area contributed by atoms with Gasteiger partial charge in [0, 0.05) is 17.3 Å². The van der Waals surface area contributed by atoms with Crippen LogP contribution in [-0.2, 0) is 0 Å². The molecule has 2 N–H and O–H groups in total. The molecule has 1 rings (SSSR count). The summed E-state index contributed by atoms with van der Waals surface area (Å²) in [5.74, 6) is 0. The molecule has 1 aromatic rings. The number of nitrogens with one attached hydrogen (secondary N) is 2. The number of hydrogen-bond donors (Lipinski definition) is 2. The predicted octanol–water partition coefficient (Wildman–Crippen LogP) is 3.04. The fraction of sp³-hybridized carbons (Fsp3) is 0.300. The first-order chi connectivity index (χ1) is 6.72. The molecule has 14 heavy (non-hydrogen) atoms. The minimum absolute atomic E-state index is 0.647. The SMILES string of the molecule is CCCNC(=S)Nc1ccc(Cl)cc1. The van der Waals surface area contributed by atoms with Gasteiger partial charge in [-0.25, -0.2) is 0 Å². The quantitative estimate of drug-likeness (QED) is 0.778. The molecule has 1 aromatic carbocycles. The third kappa shape index (κ3) is 3.94. The molecule has 0 aliphatic heterocycles. The fourth-order valence-electron chi connectivity index (χ4n) is 0.947. The van der Waals surface area contributed by atoms with Crippen molar-refractivity contribution in [2.75, 3.05) is 11.9 Å². The van der Waals surface area contributed by atoms with Crippen molar-refractivity contribution in [2.45, 2.75) is 13.3 Å². The van der Waals surface area contributed by atoms with E-state index in [0.29, 0.717) is 5.11 Å². The van der Waals surface area contributed by atoms with E-state index in [0.717, 1.165) is 23.7 Å². The number of anilines is 1. The lowest BCUT2D eigenvalue weighted by atomic mass is 10.3. The van der Waals surface area contributed by atoms with Gasteiger partial charge in [0.1, 0.15) is 0 Å². The molecule has 0 aliphatic rings. The molecule has 0 atom stereocenters. The summed E-state index contributed by atoms with van der Waals surface area (Å²) in [6, 6.07) is 7.43. The van der Waals surface area contributed by atoms with Crippen LogP contribution in [0.3, 0.4) is 0 Å². The standard InChI is InChI=1S/C10H13ClN2S/c1-2-7-12-10(14)13-9-5-3-8(11)4-6-9/h3-6H,2,7H2,1H3,(H2,12,13,14). The highest BCUT2D eigenvalue weighted by molar-refractivity contribution is 7.80. The topological polar surface area (TPSA) is 24.1 Å². The lowest BCUT2D eigenvalue weighted by Gasteiger charge is -2.09. The van der Waals surface area contributed by atoms with Crippen LogP contribution in [0.5, 0.6) is 0 Å². The Morgan fingerprint density at radius 2 is 2.00 bits per heavy atom. The van der Waals surface area contributed by atoms with Crippen molar-refractivity contribution in [3.8, 4) is 0 Å². The van der Waals surface area contributed by atoms with E-state index >= 15 is 0 Å². The Morgan fingerprint density at radius 1 is 1.36 bits per heavy atom. The molecule has 0 fully saturated rings. The van der Waals surface area contributed by atoms with Crippen LogP contribution in [0.1, 0.15) is 13.3 Å². The van der Waals surface area contributed by atoms with Gasteiger partial charge in [-0.1, -0.05) is 18.5 Å². The maximum absolute atomic E-state index is 5.76. The normalized spacial score (nSPS) is 9.57. The Hall–Kier alpha value is -0.800. The molecule has 0 heterocycles. The Morgan fingerprint density at radius 3 is 2.57 bits per heavy atom. The molecule has 0 bridgehead atoms. The number of thiocarbonyl (C=S) groups is 1. The van der Waals surface area contributed by atoms with Crippen molar-refractivity contribution in [1.29, 1.82) is 0 Å². The lowest BCUT2D eigenvalue weighted by Crippen LogP contribution is -2.28. The second-order valence-electron chi connectivity index (χ2n) is 2.89. The summed E-state index contributed by atoms with van der Waals surface area (Å²) in [6.45, 7) is 2.98. The van der Waals surface area contributed by atoms with Crippen molar-refractivity contribution < 1.29 is 0 Å². The first kappa shape index (κ1) is 11.3. The van der Waals surface area contributed by atoms with Gasteiger partial charge in [0.05, 0.1) is 0 Å². The highest BCUT2D eigenvalue weighted by atomic mass is 35.5. The third-order valence-corrected chi connectivity index (χ3v) is 2.14. The maximum Gasteiger partial charge on any atom is 0.170 e. The van der Waals surface area contributed by atoms with Gasteiger partial charge >= 0.3 is 0 Å². The van der Waals surface area contributed by atoms with Crippen LogP contribution in [0, 0.1) is 0 Å². The minimum atomic E-state index is 0.647. The zero-order valence-electron chi connectivity index (χ0n) is 8.01. The average Bonchev–Trinajstić information content (AvgIpc) is 2.18. The van der Waals surface area contributed by atoms with E-state index in [1.54, 1.807) is 0 Å². The van der Waals surface area contributed by atoms with Crippen molar-refractivity contribution in [3.05, 3.63) is 29.3 Å². The molecular formula is C10H13ClN2S. The van der Waals surface area contributed by atoms with Gasteiger partial charge in [0.25, 0.3) is 0 Å². The molecule has 0 aromatic heterocycles. The van der Waals surface area contributed by atoms with Gasteiger partial charge in [0.2, 0.25) is 0 Å². The van der Waals surface area contributed by atoms with Gasteiger partial charge in [-0.05, 0) is 42.9 Å². The van der Waals surface area contributed by atoms with Crippen LogP contribution in [0.2, 0.25) is 5.02 Å². The zero-order chi connectivity index (χ0) is 10.4. The first-order valence-electron chi connectivity index (χ1n) is 4.53.